The minimum Gasteiger partial charge on any atom is -0.744 e. The fourth-order valence-electron chi connectivity index (χ4n) is 3.83. The first-order valence-electron chi connectivity index (χ1n) is 9.51. The van der Waals surface area contributed by atoms with Crippen molar-refractivity contribution in [1.29, 1.82) is 0 Å². The number of hydrogen-bond acceptors (Lipinski definition) is 3. The molecule has 0 aromatic heterocycles. The Hall–Kier alpha value is -1.000. The van der Waals surface area contributed by atoms with Crippen LogP contribution in [-0.4, -0.2) is 13.0 Å². The third kappa shape index (κ3) is 5.24. The van der Waals surface area contributed by atoms with Gasteiger partial charge in [-0.05, 0) is 93.7 Å². The molecule has 0 saturated heterocycles. The summed E-state index contributed by atoms with van der Waals surface area (Å²) >= 11 is 0. The fraction of sp³-hybridized carbons (Fsp3) is 0.250. The molecule has 6 heteroatoms. The zero-order chi connectivity index (χ0) is 21.5. The van der Waals surface area contributed by atoms with Crippen LogP contribution in [0, 0.1) is 41.5 Å². The van der Waals surface area contributed by atoms with Crippen LogP contribution in [0.5, 0.6) is 0 Å². The molecule has 0 aliphatic carbocycles. The van der Waals surface area contributed by atoms with E-state index in [9.17, 15) is 13.0 Å². The Balaban J connectivity index is 0.00000320. The molecule has 0 atom stereocenters. The summed E-state index contributed by atoms with van der Waals surface area (Å²) in [5, 5.41) is 3.27. The van der Waals surface area contributed by atoms with E-state index in [1.165, 1.54) is 32.9 Å². The summed E-state index contributed by atoms with van der Waals surface area (Å²) in [7, 11) is -5.56. The summed E-state index contributed by atoms with van der Waals surface area (Å²) in [6.07, 6.45) is 0. The van der Waals surface area contributed by atoms with Crippen molar-refractivity contribution in [1.82, 2.24) is 0 Å². The van der Waals surface area contributed by atoms with E-state index < -0.39 is 18.0 Å². The maximum Gasteiger partial charge on any atom is 1.00 e. The largest absolute Gasteiger partial charge is 1.00 e. The molecule has 152 valence electrons. The van der Waals surface area contributed by atoms with Crippen LogP contribution in [0.4, 0.5) is 0 Å². The van der Waals surface area contributed by atoms with Crippen LogP contribution in [0.3, 0.4) is 0 Å². The van der Waals surface area contributed by atoms with Crippen LogP contribution < -0.4 is 45.5 Å². The van der Waals surface area contributed by atoms with E-state index in [0.29, 0.717) is 5.56 Å². The molecule has 3 nitrogen and oxygen atoms in total. The maximum absolute atomic E-state index is 11.9. The third-order valence-corrected chi connectivity index (χ3v) is 9.10. The van der Waals surface area contributed by atoms with Crippen LogP contribution in [0.25, 0.3) is 0 Å². The fourth-order valence-corrected chi connectivity index (χ4v) is 7.37. The van der Waals surface area contributed by atoms with Gasteiger partial charge in [-0.3, -0.25) is 0 Å². The molecule has 0 heterocycles. The minimum atomic E-state index is -4.54. The average molecular weight is 449 g/mol. The van der Waals surface area contributed by atoms with Gasteiger partial charge in [0, 0.05) is 0 Å². The minimum absolute atomic E-state index is 0. The predicted octanol–water partition coefficient (Wildman–Crippen LogP) is 1.20. The van der Waals surface area contributed by atoms with Gasteiger partial charge in [0.1, 0.15) is 10.1 Å². The molecular formula is C24H26NaO3PS. The van der Waals surface area contributed by atoms with Crippen molar-refractivity contribution in [3.05, 3.63) is 81.9 Å². The Labute approximate surface area is 203 Å². The van der Waals surface area contributed by atoms with Gasteiger partial charge in [-0.1, -0.05) is 53.6 Å². The summed E-state index contributed by atoms with van der Waals surface area (Å²) in [4.78, 5) is -0.125. The molecule has 0 aliphatic rings. The molecule has 0 aliphatic heterocycles. The van der Waals surface area contributed by atoms with Gasteiger partial charge in [0.25, 0.3) is 0 Å². The smallest absolute Gasteiger partial charge is 0.744 e. The van der Waals surface area contributed by atoms with E-state index >= 15 is 0 Å². The molecule has 0 fully saturated rings. The molecule has 3 aromatic rings. The third-order valence-electron chi connectivity index (χ3n) is 5.19. The van der Waals surface area contributed by atoms with E-state index in [1.54, 1.807) is 13.0 Å². The summed E-state index contributed by atoms with van der Waals surface area (Å²) < 4.78 is 35.7. The standard InChI is InChI=1S/C24H27O3PS.Na/c1-15-7-9-21(17(3)11-15)28(22-10-8-16(2)12-18(22)4)23-14-24(29(25,26)27)20(6)13-19(23)5;/h7-14H,1-6H3,(H,25,26,27);/q;+1/p-1. The second kappa shape index (κ2) is 9.65. The van der Waals surface area contributed by atoms with Crippen molar-refractivity contribution in [3.8, 4) is 0 Å². The Morgan fingerprint density at radius 1 is 0.633 bits per heavy atom. The first-order chi connectivity index (χ1) is 13.5. The zero-order valence-corrected chi connectivity index (χ0v) is 22.4. The normalized spacial score (nSPS) is 11.5. The zero-order valence-electron chi connectivity index (χ0n) is 18.7. The Morgan fingerprint density at radius 3 is 1.47 bits per heavy atom. The number of aryl methyl sites for hydroxylation is 6. The van der Waals surface area contributed by atoms with E-state index in [2.05, 4.69) is 64.1 Å². The summed E-state index contributed by atoms with van der Waals surface area (Å²) in [5.41, 5.74) is 6.21. The van der Waals surface area contributed by atoms with Crippen molar-refractivity contribution in [3.63, 3.8) is 0 Å². The van der Waals surface area contributed by atoms with Crippen molar-refractivity contribution < 1.29 is 42.5 Å². The molecule has 0 amide bonds. The number of hydrogen-bond donors (Lipinski definition) is 0. The Kier molecular flexibility index (Phi) is 8.12. The van der Waals surface area contributed by atoms with Crippen LogP contribution in [0.2, 0.25) is 0 Å². The van der Waals surface area contributed by atoms with Crippen LogP contribution in [0.15, 0.2) is 53.4 Å². The first-order valence-corrected chi connectivity index (χ1v) is 12.3. The van der Waals surface area contributed by atoms with Crippen LogP contribution in [-0.2, 0) is 10.1 Å². The maximum atomic E-state index is 11.9. The van der Waals surface area contributed by atoms with Gasteiger partial charge in [-0.25, -0.2) is 8.42 Å². The predicted molar refractivity (Wildman–Crippen MR) is 122 cm³/mol. The van der Waals surface area contributed by atoms with Gasteiger partial charge in [0.2, 0.25) is 0 Å². The van der Waals surface area contributed by atoms with Gasteiger partial charge in [0.05, 0.1) is 4.90 Å². The Bertz CT molecular complexity index is 1150. The van der Waals surface area contributed by atoms with Crippen LogP contribution in [0.1, 0.15) is 33.4 Å². The molecule has 30 heavy (non-hydrogen) atoms. The van der Waals surface area contributed by atoms with E-state index in [-0.39, 0.29) is 34.5 Å². The topological polar surface area (TPSA) is 57.2 Å². The average Bonchev–Trinajstić information content (AvgIpc) is 2.58. The summed E-state index contributed by atoms with van der Waals surface area (Å²) in [6.45, 7) is 12.0. The van der Waals surface area contributed by atoms with Crippen LogP contribution >= 0.6 is 7.92 Å². The van der Waals surface area contributed by atoms with Gasteiger partial charge >= 0.3 is 29.6 Å². The van der Waals surface area contributed by atoms with Crippen molar-refractivity contribution in [2.24, 2.45) is 0 Å². The van der Waals surface area contributed by atoms with Crippen molar-refractivity contribution in [2.45, 2.75) is 46.4 Å². The van der Waals surface area contributed by atoms with Gasteiger partial charge in [0.15, 0.2) is 0 Å². The second-order valence-electron chi connectivity index (χ2n) is 7.77. The van der Waals surface area contributed by atoms with E-state index in [0.717, 1.165) is 10.9 Å². The Morgan fingerprint density at radius 2 is 1.07 bits per heavy atom. The first kappa shape index (κ1) is 25.3. The molecule has 0 N–H and O–H groups in total. The number of rotatable bonds is 4. The molecule has 3 rings (SSSR count). The molecule has 0 unspecified atom stereocenters. The summed E-state index contributed by atoms with van der Waals surface area (Å²) in [6, 6.07) is 16.2. The second-order valence-corrected chi connectivity index (χ2v) is 11.2. The van der Waals surface area contributed by atoms with Crippen molar-refractivity contribution in [2.75, 3.05) is 0 Å². The molecule has 0 radical (unpaired) electrons. The monoisotopic (exact) mass is 448 g/mol. The van der Waals surface area contributed by atoms with Gasteiger partial charge < -0.3 is 4.55 Å². The van der Waals surface area contributed by atoms with Crippen molar-refractivity contribution >= 4 is 34.0 Å². The molecule has 0 spiro atoms. The van der Waals surface area contributed by atoms with Gasteiger partial charge in [-0.15, -0.1) is 0 Å². The molecule has 0 bridgehead atoms. The van der Waals surface area contributed by atoms with E-state index in [4.69, 9.17) is 0 Å². The van der Waals surface area contributed by atoms with Gasteiger partial charge in [-0.2, -0.15) is 0 Å². The molecular weight excluding hydrogens is 422 g/mol. The van der Waals surface area contributed by atoms with E-state index in [1.807, 2.05) is 13.0 Å². The quantitative estimate of drug-likeness (QED) is 0.343. The molecule has 3 aromatic carbocycles. The number of benzene rings is 3. The molecule has 0 saturated carbocycles. The summed E-state index contributed by atoms with van der Waals surface area (Å²) in [5.74, 6) is 0. The SMILES string of the molecule is Cc1ccc(P(c2ccc(C)cc2C)c2cc(S(=O)(=O)[O-])c(C)cc2C)c(C)c1.[Na+].